The van der Waals surface area contributed by atoms with E-state index in [9.17, 15) is 4.79 Å². The van der Waals surface area contributed by atoms with Crippen molar-refractivity contribution in [3.63, 3.8) is 0 Å². The summed E-state index contributed by atoms with van der Waals surface area (Å²) in [6.07, 6.45) is 5.26. The number of ether oxygens (including phenoxy) is 2. The molecule has 4 nitrogen and oxygen atoms in total. The van der Waals surface area contributed by atoms with Gasteiger partial charge in [0.1, 0.15) is 5.75 Å². The van der Waals surface area contributed by atoms with E-state index in [4.69, 9.17) is 9.47 Å². The fraction of sp³-hybridized carbons (Fsp3) is 0.100. The lowest BCUT2D eigenvalue weighted by Crippen LogP contribution is -2.06. The fourth-order valence-electron chi connectivity index (χ4n) is 2.40. The number of allylic oxidation sites excluding steroid dienone is 2. The molecular formula is C20H17NO3. The van der Waals surface area contributed by atoms with Crippen molar-refractivity contribution in [2.75, 3.05) is 7.11 Å². The zero-order valence-corrected chi connectivity index (χ0v) is 13.5. The van der Waals surface area contributed by atoms with Gasteiger partial charge in [-0.1, -0.05) is 48.6 Å². The molecule has 0 saturated heterocycles. The quantitative estimate of drug-likeness (QED) is 0.634. The SMILES string of the molecule is COc1ccccc1C=CC=C1N=C(c2ccccc2C)OC1=O. The van der Waals surface area contributed by atoms with Crippen LogP contribution < -0.4 is 4.74 Å². The van der Waals surface area contributed by atoms with E-state index < -0.39 is 5.97 Å². The maximum atomic E-state index is 12.0. The van der Waals surface area contributed by atoms with Crippen molar-refractivity contribution in [3.05, 3.63) is 83.1 Å². The number of benzene rings is 2. The Morgan fingerprint density at radius 1 is 1.08 bits per heavy atom. The van der Waals surface area contributed by atoms with Crippen molar-refractivity contribution >= 4 is 17.9 Å². The van der Waals surface area contributed by atoms with Gasteiger partial charge in [-0.3, -0.25) is 0 Å². The molecule has 1 aliphatic heterocycles. The number of esters is 1. The summed E-state index contributed by atoms with van der Waals surface area (Å²) in [6, 6.07) is 15.3. The molecule has 1 aliphatic rings. The topological polar surface area (TPSA) is 47.9 Å². The van der Waals surface area contributed by atoms with Crippen LogP contribution in [-0.4, -0.2) is 19.0 Å². The van der Waals surface area contributed by atoms with Crippen LogP contribution in [0.1, 0.15) is 16.7 Å². The first kappa shape index (κ1) is 15.7. The smallest absolute Gasteiger partial charge is 0.363 e. The van der Waals surface area contributed by atoms with Crippen molar-refractivity contribution in [1.29, 1.82) is 0 Å². The highest BCUT2D eigenvalue weighted by molar-refractivity contribution is 6.11. The Kier molecular flexibility index (Phi) is 4.57. The number of carbonyl (C=O) groups excluding carboxylic acids is 1. The highest BCUT2D eigenvalue weighted by atomic mass is 16.6. The van der Waals surface area contributed by atoms with Gasteiger partial charge in [0.15, 0.2) is 5.70 Å². The van der Waals surface area contributed by atoms with Crippen molar-refractivity contribution in [2.24, 2.45) is 4.99 Å². The van der Waals surface area contributed by atoms with Crippen LogP contribution in [0.15, 0.2) is 71.4 Å². The summed E-state index contributed by atoms with van der Waals surface area (Å²) in [7, 11) is 1.62. The van der Waals surface area contributed by atoms with Crippen LogP contribution in [0.3, 0.4) is 0 Å². The van der Waals surface area contributed by atoms with Crippen LogP contribution in [0.25, 0.3) is 6.08 Å². The van der Waals surface area contributed by atoms with Crippen LogP contribution in [-0.2, 0) is 9.53 Å². The number of aliphatic imine (C=N–C) groups is 1. The Bertz CT molecular complexity index is 863. The van der Waals surface area contributed by atoms with Gasteiger partial charge in [-0.15, -0.1) is 0 Å². The van der Waals surface area contributed by atoms with Crippen LogP contribution in [0.2, 0.25) is 0 Å². The van der Waals surface area contributed by atoms with E-state index in [1.54, 1.807) is 19.3 Å². The number of methoxy groups -OCH3 is 1. The highest BCUT2D eigenvalue weighted by Crippen LogP contribution is 2.21. The molecule has 0 spiro atoms. The molecule has 0 aliphatic carbocycles. The Morgan fingerprint density at radius 2 is 1.83 bits per heavy atom. The number of hydrogen-bond donors (Lipinski definition) is 0. The standard InChI is InChI=1S/C20H17NO3/c1-14-8-3-5-11-16(14)19-21-17(20(22)24-19)12-7-10-15-9-4-6-13-18(15)23-2/h3-13H,1-2H3. The molecule has 0 fully saturated rings. The zero-order valence-electron chi connectivity index (χ0n) is 13.5. The van der Waals surface area contributed by atoms with Gasteiger partial charge in [-0.05, 0) is 30.7 Å². The Hall–Kier alpha value is -3.14. The summed E-state index contributed by atoms with van der Waals surface area (Å²) < 4.78 is 10.6. The number of aryl methyl sites for hydroxylation is 1. The van der Waals surface area contributed by atoms with E-state index in [0.717, 1.165) is 22.4 Å². The molecule has 2 aromatic carbocycles. The second-order valence-electron chi connectivity index (χ2n) is 5.27. The molecule has 4 heteroatoms. The van der Waals surface area contributed by atoms with Crippen molar-refractivity contribution < 1.29 is 14.3 Å². The van der Waals surface area contributed by atoms with E-state index in [-0.39, 0.29) is 5.70 Å². The van der Waals surface area contributed by atoms with Crippen molar-refractivity contribution in [2.45, 2.75) is 6.92 Å². The van der Waals surface area contributed by atoms with Crippen molar-refractivity contribution in [3.8, 4) is 5.75 Å². The summed E-state index contributed by atoms with van der Waals surface area (Å²) in [4.78, 5) is 16.3. The zero-order chi connectivity index (χ0) is 16.9. The molecule has 3 rings (SSSR count). The molecule has 0 radical (unpaired) electrons. The minimum Gasteiger partial charge on any atom is -0.496 e. The second kappa shape index (κ2) is 6.96. The van der Waals surface area contributed by atoms with Gasteiger partial charge in [-0.25, -0.2) is 9.79 Å². The summed E-state index contributed by atoms with van der Waals surface area (Å²) in [6.45, 7) is 1.95. The number of cyclic esters (lactones) is 1. The Morgan fingerprint density at radius 3 is 2.62 bits per heavy atom. The molecule has 120 valence electrons. The summed E-state index contributed by atoms with van der Waals surface area (Å²) in [5.74, 6) is 0.665. The maximum absolute atomic E-state index is 12.0. The molecule has 0 unspecified atom stereocenters. The monoisotopic (exact) mass is 319 g/mol. The van der Waals surface area contributed by atoms with Crippen LogP contribution in [0.5, 0.6) is 5.75 Å². The van der Waals surface area contributed by atoms with Crippen molar-refractivity contribution in [1.82, 2.24) is 0 Å². The number of para-hydroxylation sites is 1. The van der Waals surface area contributed by atoms with Gasteiger partial charge in [0.05, 0.1) is 7.11 Å². The Labute approximate surface area is 140 Å². The number of nitrogens with zero attached hydrogens (tertiary/aromatic N) is 1. The Balaban J connectivity index is 1.84. The largest absolute Gasteiger partial charge is 0.496 e. The first-order valence-corrected chi connectivity index (χ1v) is 7.57. The van der Waals surface area contributed by atoms with Gasteiger partial charge in [-0.2, -0.15) is 0 Å². The molecule has 0 N–H and O–H groups in total. The average molecular weight is 319 g/mol. The number of carbonyl (C=O) groups is 1. The van der Waals surface area contributed by atoms with Crippen LogP contribution in [0.4, 0.5) is 0 Å². The van der Waals surface area contributed by atoms with E-state index in [2.05, 4.69) is 4.99 Å². The second-order valence-corrected chi connectivity index (χ2v) is 5.27. The molecule has 2 aromatic rings. The van der Waals surface area contributed by atoms with E-state index in [1.807, 2.05) is 61.5 Å². The number of hydrogen-bond acceptors (Lipinski definition) is 4. The molecule has 0 bridgehead atoms. The average Bonchev–Trinajstić information content (AvgIpc) is 2.96. The molecule has 0 atom stereocenters. The summed E-state index contributed by atoms with van der Waals surface area (Å²) in [5.41, 5.74) is 3.03. The lowest BCUT2D eigenvalue weighted by Gasteiger charge is -2.02. The van der Waals surface area contributed by atoms with E-state index >= 15 is 0 Å². The first-order valence-electron chi connectivity index (χ1n) is 7.57. The minimum atomic E-state index is -0.446. The highest BCUT2D eigenvalue weighted by Gasteiger charge is 2.24. The third kappa shape index (κ3) is 3.27. The molecule has 0 aromatic heterocycles. The predicted octanol–water partition coefficient (Wildman–Crippen LogP) is 3.90. The van der Waals surface area contributed by atoms with Gasteiger partial charge < -0.3 is 9.47 Å². The van der Waals surface area contributed by atoms with Gasteiger partial charge >= 0.3 is 5.97 Å². The maximum Gasteiger partial charge on any atom is 0.363 e. The summed E-state index contributed by atoms with van der Waals surface area (Å²) in [5, 5.41) is 0. The van der Waals surface area contributed by atoms with Crippen LogP contribution in [0, 0.1) is 6.92 Å². The van der Waals surface area contributed by atoms with E-state index in [0.29, 0.717) is 5.90 Å². The predicted molar refractivity (Wildman–Crippen MR) is 93.9 cm³/mol. The molecular weight excluding hydrogens is 302 g/mol. The molecule has 0 saturated carbocycles. The van der Waals surface area contributed by atoms with E-state index in [1.165, 1.54) is 0 Å². The summed E-state index contributed by atoms with van der Waals surface area (Å²) >= 11 is 0. The first-order chi connectivity index (χ1) is 11.7. The van der Waals surface area contributed by atoms with Gasteiger partial charge in [0.25, 0.3) is 0 Å². The minimum absolute atomic E-state index is 0.277. The van der Waals surface area contributed by atoms with Gasteiger partial charge in [0.2, 0.25) is 5.90 Å². The number of rotatable bonds is 4. The van der Waals surface area contributed by atoms with Gasteiger partial charge in [0, 0.05) is 11.1 Å². The normalized spacial score (nSPS) is 15.7. The molecule has 24 heavy (non-hydrogen) atoms. The fourth-order valence-corrected chi connectivity index (χ4v) is 2.40. The lowest BCUT2D eigenvalue weighted by atomic mass is 10.1. The van der Waals surface area contributed by atoms with Crippen LogP contribution >= 0.6 is 0 Å². The third-order valence-corrected chi connectivity index (χ3v) is 3.66. The third-order valence-electron chi connectivity index (χ3n) is 3.66. The molecule has 1 heterocycles. The molecule has 0 amide bonds. The lowest BCUT2D eigenvalue weighted by molar-refractivity contribution is -0.130.